The van der Waals surface area contributed by atoms with E-state index in [0.29, 0.717) is 35.4 Å². The van der Waals surface area contributed by atoms with E-state index in [-0.39, 0.29) is 11.9 Å². The number of hydrogen-bond acceptors (Lipinski definition) is 10. The lowest BCUT2D eigenvalue weighted by Crippen LogP contribution is -2.44. The minimum atomic E-state index is -0.286. The highest BCUT2D eigenvalue weighted by Crippen LogP contribution is 2.40. The van der Waals surface area contributed by atoms with Gasteiger partial charge in [0.25, 0.3) is 0 Å². The summed E-state index contributed by atoms with van der Waals surface area (Å²) in [5.74, 6) is 1.52. The minimum Gasteiger partial charge on any atom is -0.494 e. The number of anilines is 5. The van der Waals surface area contributed by atoms with Gasteiger partial charge in [-0.1, -0.05) is 24.8 Å². The number of aromatic nitrogens is 4. The van der Waals surface area contributed by atoms with E-state index in [1.54, 1.807) is 11.8 Å². The fraction of sp³-hybridized carbons (Fsp3) is 0.312. The van der Waals surface area contributed by atoms with Gasteiger partial charge in [0.2, 0.25) is 5.91 Å². The van der Waals surface area contributed by atoms with E-state index in [2.05, 4.69) is 73.4 Å². The second kappa shape index (κ2) is 12.7. The standard InChI is InChI=1S/C32H37N9O3/c1-5-32(42)37-25-16-26(29(43-4)17-28(25)40-12-10-38(2)11-13-40)36-30-18-31(34-21-33-30)41-27(9-14-44-41)23-8-6-7-22(15-23)24-19-35-39(3)20-24/h5-8,15-21,27H,1,9-14H2,2-4H3,(H,37,42)(H,33,34,36). The van der Waals surface area contributed by atoms with Crippen molar-refractivity contribution in [3.8, 4) is 16.9 Å². The molecular weight excluding hydrogens is 558 g/mol. The molecule has 1 atom stereocenters. The summed E-state index contributed by atoms with van der Waals surface area (Å²) in [6.07, 6.45) is 7.46. The highest BCUT2D eigenvalue weighted by molar-refractivity contribution is 6.02. The number of nitrogens with one attached hydrogen (secondary N) is 2. The minimum absolute atomic E-state index is 0.0208. The lowest BCUT2D eigenvalue weighted by atomic mass is 9.99. The first kappa shape index (κ1) is 29.1. The fourth-order valence-electron chi connectivity index (χ4n) is 5.60. The molecule has 4 heterocycles. The summed E-state index contributed by atoms with van der Waals surface area (Å²) in [4.78, 5) is 32.0. The molecule has 2 aromatic carbocycles. The number of likely N-dealkylation sites (N-methyl/N-ethyl adjacent to an activating group) is 1. The summed E-state index contributed by atoms with van der Waals surface area (Å²) in [6, 6.07) is 14.1. The molecule has 6 rings (SSSR count). The molecule has 2 saturated heterocycles. The second-order valence-corrected chi connectivity index (χ2v) is 10.9. The molecule has 0 aliphatic carbocycles. The number of ether oxygens (including phenoxy) is 1. The molecule has 2 aliphatic rings. The second-order valence-electron chi connectivity index (χ2n) is 10.9. The molecule has 4 aromatic rings. The van der Waals surface area contributed by atoms with Crippen molar-refractivity contribution in [2.75, 3.05) is 67.5 Å². The van der Waals surface area contributed by atoms with Gasteiger partial charge >= 0.3 is 0 Å². The number of hydrogen-bond donors (Lipinski definition) is 2. The molecule has 0 saturated carbocycles. The van der Waals surface area contributed by atoms with Crippen LogP contribution in [-0.4, -0.2) is 77.5 Å². The number of carbonyl (C=O) groups excluding carboxylic acids is 1. The van der Waals surface area contributed by atoms with Crippen LogP contribution in [0.4, 0.5) is 28.7 Å². The van der Waals surface area contributed by atoms with E-state index in [1.807, 2.05) is 42.7 Å². The predicted molar refractivity (Wildman–Crippen MR) is 171 cm³/mol. The number of hydroxylamine groups is 1. The Balaban J connectivity index is 1.27. The van der Waals surface area contributed by atoms with Crippen molar-refractivity contribution in [2.24, 2.45) is 7.05 Å². The normalized spacial score (nSPS) is 17.0. The van der Waals surface area contributed by atoms with E-state index < -0.39 is 0 Å². The number of methoxy groups -OCH3 is 1. The highest BCUT2D eigenvalue weighted by Gasteiger charge is 2.30. The molecular formula is C32H37N9O3. The van der Waals surface area contributed by atoms with Gasteiger partial charge in [0.05, 0.1) is 43.0 Å². The van der Waals surface area contributed by atoms with Gasteiger partial charge in [0.15, 0.2) is 5.82 Å². The molecule has 2 aromatic heterocycles. The van der Waals surface area contributed by atoms with Gasteiger partial charge in [0.1, 0.15) is 17.9 Å². The number of piperazine rings is 1. The molecule has 228 valence electrons. The van der Waals surface area contributed by atoms with E-state index >= 15 is 0 Å². The highest BCUT2D eigenvalue weighted by atomic mass is 16.7. The number of benzene rings is 2. The average Bonchev–Trinajstić information content (AvgIpc) is 3.72. The van der Waals surface area contributed by atoms with Crippen molar-refractivity contribution >= 4 is 34.6 Å². The smallest absolute Gasteiger partial charge is 0.247 e. The van der Waals surface area contributed by atoms with Crippen LogP contribution in [0.2, 0.25) is 0 Å². The Hall–Kier alpha value is -4.94. The van der Waals surface area contributed by atoms with Gasteiger partial charge in [-0.2, -0.15) is 5.10 Å². The van der Waals surface area contributed by atoms with Gasteiger partial charge in [0, 0.05) is 63.5 Å². The molecule has 1 unspecified atom stereocenters. The summed E-state index contributed by atoms with van der Waals surface area (Å²) < 4.78 is 7.59. The molecule has 1 amide bonds. The Morgan fingerprint density at radius 1 is 1.07 bits per heavy atom. The molecule has 12 nitrogen and oxygen atoms in total. The molecule has 12 heteroatoms. The molecule has 0 spiro atoms. The third-order valence-electron chi connectivity index (χ3n) is 7.96. The zero-order valence-corrected chi connectivity index (χ0v) is 25.2. The Morgan fingerprint density at radius 3 is 2.66 bits per heavy atom. The maximum absolute atomic E-state index is 12.4. The summed E-state index contributed by atoms with van der Waals surface area (Å²) in [7, 11) is 5.65. The van der Waals surface area contributed by atoms with Crippen molar-refractivity contribution in [2.45, 2.75) is 12.5 Å². The summed E-state index contributed by atoms with van der Waals surface area (Å²) in [6.45, 7) is 7.71. The van der Waals surface area contributed by atoms with Crippen LogP contribution >= 0.6 is 0 Å². The van der Waals surface area contributed by atoms with Crippen LogP contribution in [0.25, 0.3) is 11.1 Å². The lowest BCUT2D eigenvalue weighted by molar-refractivity contribution is -0.111. The monoisotopic (exact) mass is 595 g/mol. The van der Waals surface area contributed by atoms with Crippen LogP contribution < -0.4 is 25.3 Å². The van der Waals surface area contributed by atoms with Crippen molar-refractivity contribution in [1.29, 1.82) is 0 Å². The summed E-state index contributed by atoms with van der Waals surface area (Å²) in [5.41, 5.74) is 5.48. The Labute approximate surface area is 256 Å². The lowest BCUT2D eigenvalue weighted by Gasteiger charge is -2.35. The van der Waals surface area contributed by atoms with E-state index in [4.69, 9.17) is 9.57 Å². The number of aryl methyl sites for hydroxylation is 1. The fourth-order valence-corrected chi connectivity index (χ4v) is 5.60. The van der Waals surface area contributed by atoms with Gasteiger partial charge in [-0.3, -0.25) is 14.3 Å². The first-order chi connectivity index (χ1) is 21.4. The third kappa shape index (κ3) is 6.21. The molecule has 0 bridgehead atoms. The van der Waals surface area contributed by atoms with Crippen molar-refractivity contribution in [3.05, 3.63) is 79.4 Å². The van der Waals surface area contributed by atoms with Crippen molar-refractivity contribution in [3.63, 3.8) is 0 Å². The Morgan fingerprint density at radius 2 is 1.91 bits per heavy atom. The number of nitrogens with zero attached hydrogens (tertiary/aromatic N) is 7. The van der Waals surface area contributed by atoms with Crippen LogP contribution in [0.3, 0.4) is 0 Å². The van der Waals surface area contributed by atoms with Crippen molar-refractivity contribution in [1.82, 2.24) is 24.6 Å². The topological polar surface area (TPSA) is 113 Å². The predicted octanol–water partition coefficient (Wildman–Crippen LogP) is 4.39. The number of carbonyl (C=O) groups is 1. The zero-order chi connectivity index (χ0) is 30.6. The van der Waals surface area contributed by atoms with Gasteiger partial charge in [-0.25, -0.2) is 15.0 Å². The third-order valence-corrected chi connectivity index (χ3v) is 7.96. The van der Waals surface area contributed by atoms with Crippen molar-refractivity contribution < 1.29 is 14.4 Å². The summed E-state index contributed by atoms with van der Waals surface area (Å²) in [5, 5.41) is 12.5. The number of rotatable bonds is 9. The van der Waals surface area contributed by atoms with Crippen LogP contribution in [0, 0.1) is 0 Å². The molecule has 2 fully saturated rings. The van der Waals surface area contributed by atoms with Gasteiger partial charge in [-0.05, 0) is 36.4 Å². The van der Waals surface area contributed by atoms with Crippen LogP contribution in [0.5, 0.6) is 5.75 Å². The van der Waals surface area contributed by atoms with Crippen LogP contribution in [0.15, 0.2) is 73.8 Å². The SMILES string of the molecule is C=CC(=O)Nc1cc(Nc2cc(N3OCCC3c3cccc(-c4cnn(C)c4)c3)ncn2)c(OC)cc1N1CCN(C)CC1. The van der Waals surface area contributed by atoms with Crippen LogP contribution in [-0.2, 0) is 16.7 Å². The van der Waals surface area contributed by atoms with Crippen LogP contribution in [0.1, 0.15) is 18.0 Å². The molecule has 2 aliphatic heterocycles. The molecule has 0 radical (unpaired) electrons. The van der Waals surface area contributed by atoms with E-state index in [0.717, 1.165) is 55.0 Å². The van der Waals surface area contributed by atoms with Gasteiger partial charge < -0.3 is 25.2 Å². The molecule has 2 N–H and O–H groups in total. The maximum Gasteiger partial charge on any atom is 0.247 e. The maximum atomic E-state index is 12.4. The van der Waals surface area contributed by atoms with E-state index in [9.17, 15) is 4.79 Å². The first-order valence-corrected chi connectivity index (χ1v) is 14.6. The number of amides is 1. The quantitative estimate of drug-likeness (QED) is 0.270. The molecule has 44 heavy (non-hydrogen) atoms. The largest absolute Gasteiger partial charge is 0.494 e. The Bertz CT molecular complexity index is 1650. The van der Waals surface area contributed by atoms with E-state index in [1.165, 1.54) is 12.4 Å². The average molecular weight is 596 g/mol. The zero-order valence-electron chi connectivity index (χ0n) is 25.2. The Kier molecular flexibility index (Phi) is 8.44. The first-order valence-electron chi connectivity index (χ1n) is 14.6. The van der Waals surface area contributed by atoms with Gasteiger partial charge in [-0.15, -0.1) is 0 Å². The summed E-state index contributed by atoms with van der Waals surface area (Å²) >= 11 is 0.